The van der Waals surface area contributed by atoms with E-state index >= 15 is 0 Å². The molecule has 1 aromatic rings. The van der Waals surface area contributed by atoms with Crippen molar-refractivity contribution in [3.63, 3.8) is 0 Å². The highest BCUT2D eigenvalue weighted by atomic mass is 16.5. The monoisotopic (exact) mass is 406 g/mol. The zero-order chi connectivity index (χ0) is 22.1. The maximum absolute atomic E-state index is 12.0. The van der Waals surface area contributed by atoms with Crippen molar-refractivity contribution in [3.8, 4) is 0 Å². The highest BCUT2D eigenvalue weighted by Crippen LogP contribution is 2.27. The second kappa shape index (κ2) is 16.4. The molecule has 0 fully saturated rings. The molecule has 0 aromatic heterocycles. The van der Waals surface area contributed by atoms with E-state index < -0.39 is 0 Å². The van der Waals surface area contributed by atoms with Gasteiger partial charge in [-0.15, -0.1) is 0 Å². The number of amidine groups is 1. The number of carbonyl (C=O) groups is 2. The molecule has 1 heterocycles. The Hall–Kier alpha value is -2.55. The molecule has 162 valence electrons. The molecule has 29 heavy (non-hydrogen) atoms. The Balaban J connectivity index is 0.000000736. The molecule has 0 atom stereocenters. The molecule has 0 unspecified atom stereocenters. The fourth-order valence-electron chi connectivity index (χ4n) is 2.18. The summed E-state index contributed by atoms with van der Waals surface area (Å²) in [5.41, 5.74) is 8.36. The van der Waals surface area contributed by atoms with Crippen LogP contribution in [0.5, 0.6) is 0 Å². The molecule has 1 aromatic carbocycles. The molecule has 0 saturated carbocycles. The first kappa shape index (κ1) is 26.4. The first-order chi connectivity index (χ1) is 14.0. The molecule has 0 bridgehead atoms. The fraction of sp³-hybridized carbons (Fsp3) is 0.476. The van der Waals surface area contributed by atoms with Crippen LogP contribution in [0.25, 0.3) is 6.08 Å². The van der Waals surface area contributed by atoms with E-state index in [4.69, 9.17) is 15.6 Å². The smallest absolute Gasteiger partial charge is 0.247 e. The number of nitrogens with one attached hydrogen (secondary N) is 2. The third-order valence-electron chi connectivity index (χ3n) is 3.54. The van der Waals surface area contributed by atoms with Gasteiger partial charge in [-0.1, -0.05) is 19.1 Å². The molecule has 8 nitrogen and oxygen atoms in total. The van der Waals surface area contributed by atoms with E-state index in [1.165, 1.54) is 0 Å². The quantitative estimate of drug-likeness (QED) is 0.403. The van der Waals surface area contributed by atoms with Gasteiger partial charge in [-0.3, -0.25) is 9.59 Å². The number of benzene rings is 1. The third-order valence-corrected chi connectivity index (χ3v) is 3.54. The van der Waals surface area contributed by atoms with Crippen molar-refractivity contribution in [1.82, 2.24) is 10.6 Å². The number of methoxy groups -OCH3 is 1. The van der Waals surface area contributed by atoms with Crippen molar-refractivity contribution in [2.45, 2.75) is 26.7 Å². The van der Waals surface area contributed by atoms with Crippen LogP contribution in [-0.2, 0) is 9.53 Å². The average molecular weight is 407 g/mol. The maximum Gasteiger partial charge on any atom is 0.247 e. The normalized spacial score (nSPS) is 11.9. The predicted octanol–water partition coefficient (Wildman–Crippen LogP) is 1.65. The zero-order valence-corrected chi connectivity index (χ0v) is 17.8. The number of ether oxygens (including phenoxy) is 1. The van der Waals surface area contributed by atoms with E-state index in [9.17, 15) is 9.59 Å². The zero-order valence-electron chi connectivity index (χ0n) is 17.8. The number of nitrogens with two attached hydrogens (primary N) is 1. The van der Waals surface area contributed by atoms with E-state index in [-0.39, 0.29) is 12.5 Å². The van der Waals surface area contributed by atoms with Crippen LogP contribution in [0.15, 0.2) is 28.8 Å². The van der Waals surface area contributed by atoms with Crippen LogP contribution < -0.4 is 16.4 Å². The second-order valence-electron chi connectivity index (χ2n) is 6.05. The number of hydrogen-bond donors (Lipinski definition) is 4. The van der Waals surface area contributed by atoms with Crippen LogP contribution >= 0.6 is 0 Å². The summed E-state index contributed by atoms with van der Waals surface area (Å²) >= 11 is 0. The summed E-state index contributed by atoms with van der Waals surface area (Å²) in [4.78, 5) is 27.1. The van der Waals surface area contributed by atoms with Gasteiger partial charge in [0.05, 0.1) is 12.3 Å². The first-order valence-electron chi connectivity index (χ1n) is 9.62. The molecule has 2 rings (SSSR count). The van der Waals surface area contributed by atoms with Crippen LogP contribution in [0.4, 0.5) is 5.69 Å². The summed E-state index contributed by atoms with van der Waals surface area (Å²) in [7, 11) is 3.59. The summed E-state index contributed by atoms with van der Waals surface area (Å²) in [6.07, 6.45) is 3.72. The average Bonchev–Trinajstić information content (AvgIpc) is 2.88. The Morgan fingerprint density at radius 2 is 2.03 bits per heavy atom. The van der Waals surface area contributed by atoms with Gasteiger partial charge in [-0.25, -0.2) is 4.99 Å². The predicted molar refractivity (Wildman–Crippen MR) is 118 cm³/mol. The number of aliphatic imine (C=N–C) groups is 1. The van der Waals surface area contributed by atoms with Crippen molar-refractivity contribution in [2.24, 2.45) is 10.7 Å². The molecule has 0 radical (unpaired) electrons. The summed E-state index contributed by atoms with van der Waals surface area (Å²) in [5.74, 6) is 0.238. The van der Waals surface area contributed by atoms with Crippen molar-refractivity contribution in [1.29, 1.82) is 0 Å². The number of likely N-dealkylation sites (N-methyl/N-ethyl adjacent to an activating group) is 1. The Morgan fingerprint density at radius 3 is 2.55 bits per heavy atom. The summed E-state index contributed by atoms with van der Waals surface area (Å²) in [5, 5.41) is 13.3. The molecule has 5 N–H and O–H groups in total. The Bertz CT molecular complexity index is 683. The molecule has 1 aliphatic rings. The number of nitrogens with zero attached hydrogens (tertiary/aromatic N) is 1. The number of amides is 1. The topological polar surface area (TPSA) is 126 Å². The third kappa shape index (κ3) is 11.1. The van der Waals surface area contributed by atoms with E-state index in [0.717, 1.165) is 31.4 Å². The van der Waals surface area contributed by atoms with E-state index in [2.05, 4.69) is 15.6 Å². The molecule has 8 heteroatoms. The Labute approximate surface area is 173 Å². The van der Waals surface area contributed by atoms with Crippen LogP contribution in [0, 0.1) is 0 Å². The number of aliphatic hydroxyl groups excluding tert-OH is 1. The lowest BCUT2D eigenvalue weighted by molar-refractivity contribution is -0.117. The molecule has 0 aliphatic carbocycles. The number of carbonyl (C=O) groups excluding carboxylic acids is 2. The van der Waals surface area contributed by atoms with Crippen molar-refractivity contribution in [2.75, 3.05) is 40.5 Å². The fourth-order valence-corrected chi connectivity index (χ4v) is 2.18. The van der Waals surface area contributed by atoms with Gasteiger partial charge in [0.2, 0.25) is 5.91 Å². The molecule has 1 amide bonds. The van der Waals surface area contributed by atoms with Gasteiger partial charge in [-0.2, -0.15) is 0 Å². The van der Waals surface area contributed by atoms with E-state index in [1.54, 1.807) is 38.3 Å². The first-order valence-corrected chi connectivity index (χ1v) is 9.62. The molecular weight excluding hydrogens is 372 g/mol. The van der Waals surface area contributed by atoms with Crippen molar-refractivity contribution in [3.05, 3.63) is 34.9 Å². The number of rotatable bonds is 7. The lowest BCUT2D eigenvalue weighted by Crippen LogP contribution is -2.27. The molecular formula is C21H34N4O4. The van der Waals surface area contributed by atoms with Gasteiger partial charge >= 0.3 is 0 Å². The lowest BCUT2D eigenvalue weighted by atomic mass is 10.1. The summed E-state index contributed by atoms with van der Waals surface area (Å²) in [6.45, 7) is 6.30. The van der Waals surface area contributed by atoms with Crippen LogP contribution in [0.3, 0.4) is 0 Å². The van der Waals surface area contributed by atoms with Gasteiger partial charge in [0.25, 0.3) is 0 Å². The van der Waals surface area contributed by atoms with Crippen LogP contribution in [0.2, 0.25) is 0 Å². The van der Waals surface area contributed by atoms with Crippen molar-refractivity contribution >= 4 is 29.8 Å². The summed E-state index contributed by atoms with van der Waals surface area (Å²) < 4.78 is 4.72. The van der Waals surface area contributed by atoms with Crippen molar-refractivity contribution < 1.29 is 19.4 Å². The SMILES string of the molecule is CCCNC(=O)C1=Cc2ccc(C=O)cc2N=C(N)C1.CCO.CNCCOC. The summed E-state index contributed by atoms with van der Waals surface area (Å²) in [6, 6.07) is 5.13. The lowest BCUT2D eigenvalue weighted by Gasteiger charge is -2.06. The second-order valence-corrected chi connectivity index (χ2v) is 6.05. The number of aldehydes is 1. The molecule has 1 aliphatic heterocycles. The van der Waals surface area contributed by atoms with Crippen LogP contribution in [-0.4, -0.2) is 63.6 Å². The number of fused-ring (bicyclic) bond motifs is 1. The van der Waals surface area contributed by atoms with Gasteiger partial charge in [0.1, 0.15) is 12.1 Å². The minimum atomic E-state index is -0.127. The Kier molecular flexibility index (Phi) is 15.0. The molecule has 0 saturated heterocycles. The van der Waals surface area contributed by atoms with Gasteiger partial charge in [0, 0.05) is 49.9 Å². The highest BCUT2D eigenvalue weighted by Gasteiger charge is 2.15. The van der Waals surface area contributed by atoms with E-state index in [0.29, 0.717) is 35.6 Å². The number of hydrogen-bond acceptors (Lipinski definition) is 7. The van der Waals surface area contributed by atoms with Crippen LogP contribution in [0.1, 0.15) is 42.6 Å². The highest BCUT2D eigenvalue weighted by molar-refractivity contribution is 6.05. The van der Waals surface area contributed by atoms with Gasteiger partial charge in [0.15, 0.2) is 0 Å². The van der Waals surface area contributed by atoms with Gasteiger partial charge in [-0.05, 0) is 32.5 Å². The standard InChI is InChI=1S/C15H17N3O2.C4H11NO.C2H6O/c1-2-5-17-15(20)12-7-11-4-3-10(9-19)6-13(11)18-14(16)8-12;1-5-3-4-6-2;1-2-3/h3-4,6-7,9H,2,5,8H2,1H3,(H2,16,18)(H,17,20);5H,3-4H2,1-2H3;3H,2H2,1H3. The largest absolute Gasteiger partial charge is 0.397 e. The molecule has 0 spiro atoms. The number of aliphatic hydroxyl groups is 1. The Morgan fingerprint density at radius 1 is 1.34 bits per heavy atom. The minimum absolute atomic E-state index is 0.127. The van der Waals surface area contributed by atoms with Gasteiger partial charge < -0.3 is 26.2 Å². The minimum Gasteiger partial charge on any atom is -0.397 e. The van der Waals surface area contributed by atoms with E-state index in [1.807, 2.05) is 14.0 Å². The maximum atomic E-state index is 12.0.